The number of fused-ring (bicyclic) bond motifs is 1. The summed E-state index contributed by atoms with van der Waals surface area (Å²) >= 11 is 0. The maximum absolute atomic E-state index is 11.1. The molecule has 1 aromatic carbocycles. The zero-order valence-electron chi connectivity index (χ0n) is 10.9. The third-order valence-electron chi connectivity index (χ3n) is 3.41. The monoisotopic (exact) mass is 277 g/mol. The van der Waals surface area contributed by atoms with Crippen LogP contribution in [-0.2, 0) is 0 Å². The summed E-state index contributed by atoms with van der Waals surface area (Å²) in [5.74, 6) is 0.933. The van der Waals surface area contributed by atoms with Crippen molar-refractivity contribution < 1.29 is 14.4 Å². The Morgan fingerprint density at radius 1 is 1.20 bits per heavy atom. The average molecular weight is 277 g/mol. The van der Waals surface area contributed by atoms with Gasteiger partial charge in [-0.05, 0) is 25.3 Å². The van der Waals surface area contributed by atoms with Crippen LogP contribution in [-0.4, -0.2) is 36.0 Å². The molecule has 0 amide bonds. The van der Waals surface area contributed by atoms with Crippen molar-refractivity contribution in [3.8, 4) is 11.5 Å². The molecule has 7 nitrogen and oxygen atoms in total. The maximum Gasteiger partial charge on any atom is 0.282 e. The fourth-order valence-corrected chi connectivity index (χ4v) is 2.35. The number of hydrogen-bond acceptors (Lipinski definition) is 6. The lowest BCUT2D eigenvalue weighted by Gasteiger charge is -2.23. The smallest absolute Gasteiger partial charge is 0.282 e. The van der Waals surface area contributed by atoms with Gasteiger partial charge in [-0.1, -0.05) is 0 Å². The third-order valence-corrected chi connectivity index (χ3v) is 3.41. The highest BCUT2D eigenvalue weighted by molar-refractivity contribution is 5.87. The molecule has 106 valence electrons. The number of hydrazone groups is 1. The van der Waals surface area contributed by atoms with E-state index in [2.05, 4.69) is 5.10 Å². The van der Waals surface area contributed by atoms with Crippen LogP contribution >= 0.6 is 0 Å². The summed E-state index contributed by atoms with van der Waals surface area (Å²) in [7, 11) is 0. The van der Waals surface area contributed by atoms with Crippen LogP contribution in [0.3, 0.4) is 0 Å². The predicted molar refractivity (Wildman–Crippen MR) is 72.2 cm³/mol. The second-order valence-corrected chi connectivity index (χ2v) is 4.78. The Kier molecular flexibility index (Phi) is 3.41. The van der Waals surface area contributed by atoms with Gasteiger partial charge in [0.15, 0.2) is 11.5 Å². The Hall–Kier alpha value is -2.31. The first-order valence-electron chi connectivity index (χ1n) is 6.61. The number of benzene rings is 1. The molecule has 0 spiro atoms. The second kappa shape index (κ2) is 5.36. The van der Waals surface area contributed by atoms with E-state index in [0.29, 0.717) is 17.1 Å². The number of piperidine rings is 1. The molecule has 1 aromatic rings. The summed E-state index contributed by atoms with van der Waals surface area (Å²) in [6, 6.07) is 2.99. The van der Waals surface area contributed by atoms with Crippen LogP contribution in [0, 0.1) is 10.1 Å². The van der Waals surface area contributed by atoms with Gasteiger partial charge in [-0.3, -0.25) is 15.1 Å². The number of ether oxygens (including phenoxy) is 2. The number of rotatable bonds is 3. The first kappa shape index (κ1) is 12.7. The highest BCUT2D eigenvalue weighted by Crippen LogP contribution is 2.37. The van der Waals surface area contributed by atoms with Crippen LogP contribution in [0.4, 0.5) is 5.69 Å². The predicted octanol–water partition coefficient (Wildman–Crippen LogP) is 2.14. The van der Waals surface area contributed by atoms with Gasteiger partial charge in [0, 0.05) is 13.1 Å². The molecule has 2 heterocycles. The van der Waals surface area contributed by atoms with Crippen molar-refractivity contribution in [2.45, 2.75) is 19.3 Å². The van der Waals surface area contributed by atoms with Crippen LogP contribution in [0.5, 0.6) is 11.5 Å². The van der Waals surface area contributed by atoms with Crippen LogP contribution in [0.1, 0.15) is 24.8 Å². The Bertz CT molecular complexity index is 553. The normalized spacial score (nSPS) is 17.7. The number of nitrogens with zero attached hydrogens (tertiary/aromatic N) is 3. The number of nitro benzene ring substituents is 1. The largest absolute Gasteiger partial charge is 0.454 e. The van der Waals surface area contributed by atoms with Crippen LogP contribution in [0.15, 0.2) is 17.2 Å². The van der Waals surface area contributed by atoms with Crippen molar-refractivity contribution in [3.63, 3.8) is 0 Å². The van der Waals surface area contributed by atoms with Gasteiger partial charge in [-0.15, -0.1) is 0 Å². The lowest BCUT2D eigenvalue weighted by Crippen LogP contribution is -2.24. The van der Waals surface area contributed by atoms with E-state index in [1.807, 2.05) is 5.01 Å². The molecule has 0 unspecified atom stereocenters. The minimum atomic E-state index is -0.431. The fourth-order valence-electron chi connectivity index (χ4n) is 2.35. The van der Waals surface area contributed by atoms with Crippen molar-refractivity contribution in [2.24, 2.45) is 5.10 Å². The highest BCUT2D eigenvalue weighted by Gasteiger charge is 2.22. The third kappa shape index (κ3) is 2.52. The first-order chi connectivity index (χ1) is 9.74. The molecule has 0 atom stereocenters. The van der Waals surface area contributed by atoms with E-state index in [1.165, 1.54) is 18.7 Å². The minimum absolute atomic E-state index is 0.0185. The summed E-state index contributed by atoms with van der Waals surface area (Å²) in [6.07, 6.45) is 4.97. The van der Waals surface area contributed by atoms with Gasteiger partial charge in [0.25, 0.3) is 5.69 Å². The molecule has 0 aromatic heterocycles. The Labute approximate surface area is 115 Å². The van der Waals surface area contributed by atoms with Gasteiger partial charge in [-0.25, -0.2) is 0 Å². The first-order valence-corrected chi connectivity index (χ1v) is 6.61. The second-order valence-electron chi connectivity index (χ2n) is 4.78. The lowest BCUT2D eigenvalue weighted by molar-refractivity contribution is -0.385. The topological polar surface area (TPSA) is 77.2 Å². The fraction of sp³-hybridized carbons (Fsp3) is 0.462. The van der Waals surface area contributed by atoms with E-state index in [1.54, 1.807) is 6.07 Å². The number of hydrogen-bond donors (Lipinski definition) is 0. The van der Waals surface area contributed by atoms with Crippen molar-refractivity contribution in [1.82, 2.24) is 5.01 Å². The van der Waals surface area contributed by atoms with Gasteiger partial charge in [0.1, 0.15) is 0 Å². The van der Waals surface area contributed by atoms with Crippen molar-refractivity contribution in [3.05, 3.63) is 27.8 Å². The van der Waals surface area contributed by atoms with E-state index < -0.39 is 4.92 Å². The molecule has 0 aliphatic carbocycles. The molecule has 2 aliphatic heterocycles. The van der Waals surface area contributed by atoms with E-state index in [9.17, 15) is 10.1 Å². The Balaban J connectivity index is 1.87. The summed E-state index contributed by atoms with van der Waals surface area (Å²) < 4.78 is 10.4. The quantitative estimate of drug-likeness (QED) is 0.480. The van der Waals surface area contributed by atoms with E-state index >= 15 is 0 Å². The molecule has 1 saturated heterocycles. The molecule has 0 N–H and O–H groups in total. The molecular weight excluding hydrogens is 262 g/mol. The molecule has 2 aliphatic rings. The lowest BCUT2D eigenvalue weighted by atomic mass is 10.1. The zero-order valence-corrected chi connectivity index (χ0v) is 10.9. The summed E-state index contributed by atoms with van der Waals surface area (Å²) in [4.78, 5) is 10.7. The SMILES string of the molecule is O=[N+]([O-])c1cc2c(cc1C=NN1CCCCC1)OCO2. The van der Waals surface area contributed by atoms with Gasteiger partial charge < -0.3 is 9.47 Å². The summed E-state index contributed by atoms with van der Waals surface area (Å²) in [5.41, 5.74) is 0.417. The molecule has 0 bridgehead atoms. The van der Waals surface area contributed by atoms with Gasteiger partial charge in [0.2, 0.25) is 6.79 Å². The minimum Gasteiger partial charge on any atom is -0.454 e. The molecule has 0 saturated carbocycles. The van der Waals surface area contributed by atoms with E-state index in [-0.39, 0.29) is 12.5 Å². The molecular formula is C13H15N3O4. The number of nitro groups is 1. The van der Waals surface area contributed by atoms with Crippen molar-refractivity contribution in [2.75, 3.05) is 19.9 Å². The summed E-state index contributed by atoms with van der Waals surface area (Å²) in [6.45, 7) is 1.89. The van der Waals surface area contributed by atoms with Gasteiger partial charge in [-0.2, -0.15) is 5.10 Å². The van der Waals surface area contributed by atoms with Crippen LogP contribution in [0.25, 0.3) is 0 Å². The molecule has 0 radical (unpaired) electrons. The van der Waals surface area contributed by atoms with E-state index in [0.717, 1.165) is 25.9 Å². The van der Waals surface area contributed by atoms with Crippen molar-refractivity contribution in [1.29, 1.82) is 0 Å². The maximum atomic E-state index is 11.1. The molecule has 1 fully saturated rings. The Morgan fingerprint density at radius 3 is 2.60 bits per heavy atom. The van der Waals surface area contributed by atoms with E-state index in [4.69, 9.17) is 9.47 Å². The highest BCUT2D eigenvalue weighted by atomic mass is 16.7. The standard InChI is InChI=1S/C13H15N3O4/c17-16(18)11-7-13-12(19-9-20-13)6-10(11)8-14-15-4-2-1-3-5-15/h6-8H,1-5,9H2. The van der Waals surface area contributed by atoms with Crippen LogP contribution in [0.2, 0.25) is 0 Å². The van der Waals surface area contributed by atoms with Gasteiger partial charge >= 0.3 is 0 Å². The summed E-state index contributed by atoms with van der Waals surface area (Å²) in [5, 5.41) is 17.4. The average Bonchev–Trinajstić information content (AvgIpc) is 2.92. The van der Waals surface area contributed by atoms with Gasteiger partial charge in [0.05, 0.1) is 22.8 Å². The van der Waals surface area contributed by atoms with Crippen molar-refractivity contribution >= 4 is 11.9 Å². The van der Waals surface area contributed by atoms with Crippen LogP contribution < -0.4 is 9.47 Å². The Morgan fingerprint density at radius 2 is 1.90 bits per heavy atom. The zero-order chi connectivity index (χ0) is 13.9. The molecule has 20 heavy (non-hydrogen) atoms. The molecule has 7 heteroatoms. The molecule has 3 rings (SSSR count).